The highest BCUT2D eigenvalue weighted by Gasteiger charge is 2.25. The lowest BCUT2D eigenvalue weighted by atomic mass is 10.1. The van der Waals surface area contributed by atoms with Crippen molar-refractivity contribution in [2.45, 2.75) is 16.7 Å². The van der Waals surface area contributed by atoms with E-state index in [9.17, 15) is 35.5 Å². The molecule has 43 heavy (non-hydrogen) atoms. The molecule has 4 aromatic carbocycles. The fourth-order valence-electron chi connectivity index (χ4n) is 3.96. The Morgan fingerprint density at radius 3 is 1.91 bits per heavy atom. The molecule has 5 N–H and O–H groups in total. The summed E-state index contributed by atoms with van der Waals surface area (Å²) in [6.45, 7) is 1.10. The van der Waals surface area contributed by atoms with Crippen molar-refractivity contribution in [2.75, 3.05) is 16.0 Å². The zero-order chi connectivity index (χ0) is 31.2. The minimum Gasteiger partial charge on any atom is -0.457 e. The van der Waals surface area contributed by atoms with E-state index in [1.54, 1.807) is 60.7 Å². The Hall–Kier alpha value is -5.02. The van der Waals surface area contributed by atoms with Crippen molar-refractivity contribution < 1.29 is 40.3 Å². The molecular weight excluding hydrogens is 598 g/mol. The Morgan fingerprint density at radius 2 is 1.30 bits per heavy atom. The number of benzene rings is 4. The number of ether oxygens (including phenoxy) is 1. The number of amides is 3. The van der Waals surface area contributed by atoms with E-state index in [4.69, 9.17) is 4.74 Å². The van der Waals surface area contributed by atoms with Crippen LogP contribution in [-0.2, 0) is 25.0 Å². The molecule has 3 amide bonds. The van der Waals surface area contributed by atoms with Gasteiger partial charge in [-0.15, -0.1) is 0 Å². The van der Waals surface area contributed by atoms with Gasteiger partial charge in [0.1, 0.15) is 21.3 Å². The van der Waals surface area contributed by atoms with Crippen LogP contribution >= 0.6 is 0 Å². The second-order valence-corrected chi connectivity index (χ2v) is 11.7. The first kappa shape index (κ1) is 30.9. The van der Waals surface area contributed by atoms with Crippen LogP contribution in [0.3, 0.4) is 0 Å². The van der Waals surface area contributed by atoms with E-state index in [1.807, 2.05) is 0 Å². The van der Waals surface area contributed by atoms with Crippen molar-refractivity contribution in [1.82, 2.24) is 0 Å². The number of para-hydroxylation sites is 2. The van der Waals surface area contributed by atoms with Crippen LogP contribution in [0, 0.1) is 0 Å². The Balaban J connectivity index is 1.75. The Kier molecular flexibility index (Phi) is 9.26. The second kappa shape index (κ2) is 12.9. The molecule has 0 fully saturated rings. The lowest BCUT2D eigenvalue weighted by Gasteiger charge is -2.17. The van der Waals surface area contributed by atoms with Gasteiger partial charge in [0, 0.05) is 18.7 Å². The summed E-state index contributed by atoms with van der Waals surface area (Å²) < 4.78 is 75.1. The first-order chi connectivity index (χ1) is 20.3. The standard InChI is InChI=1S/C29H25N3O9S2/c1-19(33)30-27-25(32-29(34)31-22-8-4-2-5-9-22)17-15-21(28(27)43(38,39)40)13-12-20-14-16-24(18-26(20)42(35,36)37)41-23-10-6-3-7-11-23/h2-18H,1H3,(H,30,33)(H2,31,32,34)(H,35,36,37)(H,38,39,40). The summed E-state index contributed by atoms with van der Waals surface area (Å²) >= 11 is 0. The first-order valence-electron chi connectivity index (χ1n) is 12.4. The highest BCUT2D eigenvalue weighted by molar-refractivity contribution is 7.86. The maximum Gasteiger partial charge on any atom is 0.323 e. The van der Waals surface area contributed by atoms with Crippen LogP contribution < -0.4 is 20.7 Å². The van der Waals surface area contributed by atoms with Crippen LogP contribution in [0.4, 0.5) is 21.9 Å². The van der Waals surface area contributed by atoms with E-state index in [2.05, 4.69) is 16.0 Å². The summed E-state index contributed by atoms with van der Waals surface area (Å²) in [6.07, 6.45) is 2.34. The van der Waals surface area contributed by atoms with E-state index < -0.39 is 47.7 Å². The number of anilines is 3. The molecule has 4 aromatic rings. The fourth-order valence-corrected chi connectivity index (χ4v) is 5.51. The molecule has 0 heterocycles. The van der Waals surface area contributed by atoms with Gasteiger partial charge in [-0.1, -0.05) is 54.6 Å². The van der Waals surface area contributed by atoms with Gasteiger partial charge in [0.05, 0.1) is 11.4 Å². The second-order valence-electron chi connectivity index (χ2n) is 8.93. The third kappa shape index (κ3) is 8.27. The molecule has 0 spiro atoms. The van der Waals surface area contributed by atoms with E-state index in [-0.39, 0.29) is 22.6 Å². The van der Waals surface area contributed by atoms with Crippen molar-refractivity contribution >= 4 is 61.4 Å². The average molecular weight is 624 g/mol. The Morgan fingerprint density at radius 1 is 0.698 bits per heavy atom. The van der Waals surface area contributed by atoms with Gasteiger partial charge in [0.15, 0.2) is 0 Å². The topological polar surface area (TPSA) is 188 Å². The van der Waals surface area contributed by atoms with Crippen LogP contribution in [0.1, 0.15) is 18.1 Å². The predicted molar refractivity (Wildman–Crippen MR) is 161 cm³/mol. The number of carbonyl (C=O) groups excluding carboxylic acids is 2. The minimum absolute atomic E-state index is 0.0466. The van der Waals surface area contributed by atoms with Crippen LogP contribution in [0.25, 0.3) is 12.2 Å². The summed E-state index contributed by atoms with van der Waals surface area (Å²) in [5.74, 6) is -0.187. The first-order valence-corrected chi connectivity index (χ1v) is 15.3. The number of hydrogen-bond acceptors (Lipinski definition) is 7. The Bertz CT molecular complexity index is 1910. The summed E-state index contributed by atoms with van der Waals surface area (Å²) in [5.41, 5.74) is -0.372. The molecule has 4 rings (SSSR count). The molecule has 14 heteroatoms. The van der Waals surface area contributed by atoms with Crippen LogP contribution in [0.15, 0.2) is 101 Å². The lowest BCUT2D eigenvalue weighted by molar-refractivity contribution is -0.114. The molecule has 222 valence electrons. The van der Waals surface area contributed by atoms with E-state index in [0.29, 0.717) is 11.4 Å². The molecule has 0 unspecified atom stereocenters. The van der Waals surface area contributed by atoms with Gasteiger partial charge in [-0.05, 0) is 53.6 Å². The molecule has 0 aliphatic heterocycles. The molecule has 0 aliphatic carbocycles. The summed E-state index contributed by atoms with van der Waals surface area (Å²) in [5, 5.41) is 7.31. The van der Waals surface area contributed by atoms with Crippen molar-refractivity contribution in [3.05, 3.63) is 102 Å². The third-order valence-corrected chi connectivity index (χ3v) is 7.58. The minimum atomic E-state index is -5.04. The molecule has 0 atom stereocenters. The zero-order valence-corrected chi connectivity index (χ0v) is 24.0. The van der Waals surface area contributed by atoms with E-state index >= 15 is 0 Å². The van der Waals surface area contributed by atoms with E-state index in [0.717, 1.165) is 19.1 Å². The molecule has 0 saturated carbocycles. The Labute approximate surface area is 247 Å². The summed E-state index contributed by atoms with van der Waals surface area (Å²) in [4.78, 5) is 23.3. The molecule has 0 bridgehead atoms. The van der Waals surface area contributed by atoms with Gasteiger partial charge in [0.2, 0.25) is 5.91 Å². The van der Waals surface area contributed by atoms with E-state index in [1.165, 1.54) is 30.3 Å². The monoisotopic (exact) mass is 623 g/mol. The fraction of sp³-hybridized carbons (Fsp3) is 0.0345. The molecule has 0 saturated heterocycles. The van der Waals surface area contributed by atoms with Gasteiger partial charge in [0.25, 0.3) is 20.2 Å². The van der Waals surface area contributed by atoms with Crippen LogP contribution in [0.2, 0.25) is 0 Å². The molecule has 0 aromatic heterocycles. The zero-order valence-electron chi connectivity index (χ0n) is 22.4. The summed E-state index contributed by atoms with van der Waals surface area (Å²) in [7, 11) is -9.81. The van der Waals surface area contributed by atoms with Crippen molar-refractivity contribution in [3.63, 3.8) is 0 Å². The molecule has 0 aliphatic rings. The van der Waals surface area contributed by atoms with Crippen molar-refractivity contribution in [2.24, 2.45) is 0 Å². The number of hydrogen-bond donors (Lipinski definition) is 5. The maximum atomic E-state index is 12.6. The van der Waals surface area contributed by atoms with Crippen molar-refractivity contribution in [1.29, 1.82) is 0 Å². The average Bonchev–Trinajstić information content (AvgIpc) is 2.93. The van der Waals surface area contributed by atoms with Crippen molar-refractivity contribution in [3.8, 4) is 11.5 Å². The van der Waals surface area contributed by atoms with Gasteiger partial charge in [-0.25, -0.2) is 4.79 Å². The van der Waals surface area contributed by atoms with Crippen LogP contribution in [-0.4, -0.2) is 37.9 Å². The number of rotatable bonds is 9. The SMILES string of the molecule is CC(=O)Nc1c(NC(=O)Nc2ccccc2)ccc(C=Cc2ccc(Oc3ccccc3)cc2S(=O)(=O)O)c1S(=O)(=O)O. The smallest absolute Gasteiger partial charge is 0.323 e. The maximum absolute atomic E-state index is 12.6. The van der Waals surface area contributed by atoms with Gasteiger partial charge < -0.3 is 20.7 Å². The predicted octanol–water partition coefficient (Wildman–Crippen LogP) is 5.75. The lowest BCUT2D eigenvalue weighted by Crippen LogP contribution is -2.22. The molecule has 0 radical (unpaired) electrons. The largest absolute Gasteiger partial charge is 0.457 e. The van der Waals surface area contributed by atoms with Gasteiger partial charge in [-0.3, -0.25) is 13.9 Å². The quantitative estimate of drug-likeness (QED) is 0.114. The molecule has 12 nitrogen and oxygen atoms in total. The number of nitrogens with one attached hydrogen (secondary N) is 3. The van der Waals surface area contributed by atoms with Crippen LogP contribution in [0.5, 0.6) is 11.5 Å². The van der Waals surface area contributed by atoms with Gasteiger partial charge >= 0.3 is 6.03 Å². The summed E-state index contributed by atoms with van der Waals surface area (Å²) in [6, 6.07) is 22.4. The number of carbonyl (C=O) groups is 2. The number of urea groups is 1. The third-order valence-electron chi connectivity index (χ3n) is 5.71. The highest BCUT2D eigenvalue weighted by atomic mass is 32.2. The van der Waals surface area contributed by atoms with Gasteiger partial charge in [-0.2, -0.15) is 16.8 Å². The normalized spacial score (nSPS) is 11.6. The molecular formula is C29H25N3O9S2. The highest BCUT2D eigenvalue weighted by Crippen LogP contribution is 2.35.